The Balaban J connectivity index is 1.29. The van der Waals surface area contributed by atoms with Crippen LogP contribution < -0.4 is 4.90 Å². The molecule has 7 heteroatoms. The van der Waals surface area contributed by atoms with Gasteiger partial charge in [-0.25, -0.2) is 0 Å². The number of benzene rings is 1. The summed E-state index contributed by atoms with van der Waals surface area (Å²) in [7, 11) is 0. The number of fused-ring (bicyclic) bond motifs is 1. The third-order valence-electron chi connectivity index (χ3n) is 4.23. The largest absolute Gasteiger partial charge is 0.353 e. The molecular formula is C17H18BrN3S3. The molecule has 0 bridgehead atoms. The highest BCUT2D eigenvalue weighted by Crippen LogP contribution is 2.31. The van der Waals surface area contributed by atoms with Crippen molar-refractivity contribution in [1.29, 1.82) is 0 Å². The van der Waals surface area contributed by atoms with Crippen molar-refractivity contribution in [3.8, 4) is 0 Å². The van der Waals surface area contributed by atoms with Gasteiger partial charge in [0, 0.05) is 43.9 Å². The standard InChI is InChI=1S/C17H18BrN3S3/c18-15-5-6-16(23-15)22-12-11-20-7-9-21(10-8-20)17-13-3-1-2-4-14(13)24-19-17/h1-6H,7-12H2. The van der Waals surface area contributed by atoms with Crippen molar-refractivity contribution in [1.82, 2.24) is 9.27 Å². The second-order valence-electron chi connectivity index (χ2n) is 5.74. The number of anilines is 1. The van der Waals surface area contributed by atoms with Crippen LogP contribution in [0.25, 0.3) is 10.1 Å². The van der Waals surface area contributed by atoms with Gasteiger partial charge >= 0.3 is 0 Å². The molecular weight excluding hydrogens is 422 g/mol. The minimum atomic E-state index is 1.07. The molecule has 1 aromatic carbocycles. The Kier molecular flexibility index (Phi) is 5.43. The average molecular weight is 440 g/mol. The number of hydrogen-bond acceptors (Lipinski definition) is 6. The molecule has 1 aliphatic rings. The Bertz CT molecular complexity index is 808. The zero-order valence-corrected chi connectivity index (χ0v) is 17.2. The Morgan fingerprint density at radius 3 is 2.71 bits per heavy atom. The van der Waals surface area contributed by atoms with E-state index >= 15 is 0 Å². The summed E-state index contributed by atoms with van der Waals surface area (Å²) in [5.41, 5.74) is 0. The summed E-state index contributed by atoms with van der Waals surface area (Å²) in [5, 5.41) is 1.30. The molecule has 1 aliphatic heterocycles. The lowest BCUT2D eigenvalue weighted by atomic mass is 10.2. The summed E-state index contributed by atoms with van der Waals surface area (Å²) in [6.07, 6.45) is 0. The van der Waals surface area contributed by atoms with Crippen molar-refractivity contribution >= 4 is 66.5 Å². The predicted molar refractivity (Wildman–Crippen MR) is 111 cm³/mol. The van der Waals surface area contributed by atoms with Crippen molar-refractivity contribution in [3.63, 3.8) is 0 Å². The van der Waals surface area contributed by atoms with Crippen LogP contribution in [0.5, 0.6) is 0 Å². The molecule has 4 rings (SSSR count). The molecule has 3 nitrogen and oxygen atoms in total. The van der Waals surface area contributed by atoms with Gasteiger partial charge in [-0.15, -0.1) is 23.1 Å². The third-order valence-corrected chi connectivity index (χ3v) is 7.88. The minimum absolute atomic E-state index is 1.07. The number of hydrogen-bond donors (Lipinski definition) is 0. The normalized spacial score (nSPS) is 16.1. The highest BCUT2D eigenvalue weighted by Gasteiger charge is 2.20. The lowest BCUT2D eigenvalue weighted by Crippen LogP contribution is -2.47. The molecule has 1 fully saturated rings. The third kappa shape index (κ3) is 3.80. The molecule has 0 amide bonds. The molecule has 24 heavy (non-hydrogen) atoms. The molecule has 0 saturated carbocycles. The number of nitrogens with zero attached hydrogens (tertiary/aromatic N) is 3. The molecule has 3 aromatic rings. The molecule has 0 radical (unpaired) electrons. The van der Waals surface area contributed by atoms with Crippen molar-refractivity contribution in [2.45, 2.75) is 4.21 Å². The summed E-state index contributed by atoms with van der Waals surface area (Å²) in [4.78, 5) is 5.01. The number of halogens is 1. The first-order valence-corrected chi connectivity index (χ1v) is 11.4. The smallest absolute Gasteiger partial charge is 0.150 e. The van der Waals surface area contributed by atoms with Crippen molar-refractivity contribution < 1.29 is 0 Å². The van der Waals surface area contributed by atoms with Gasteiger partial charge in [0.1, 0.15) is 5.82 Å². The fourth-order valence-corrected chi connectivity index (χ4v) is 6.64. The van der Waals surface area contributed by atoms with Gasteiger partial charge in [-0.1, -0.05) is 12.1 Å². The monoisotopic (exact) mass is 439 g/mol. The summed E-state index contributed by atoms with van der Waals surface area (Å²) >= 11 is 8.92. The maximum Gasteiger partial charge on any atom is 0.150 e. The van der Waals surface area contributed by atoms with Crippen LogP contribution in [0.3, 0.4) is 0 Å². The van der Waals surface area contributed by atoms with E-state index in [-0.39, 0.29) is 0 Å². The van der Waals surface area contributed by atoms with Crippen LogP contribution in [-0.2, 0) is 0 Å². The summed E-state index contributed by atoms with van der Waals surface area (Å²) in [5.74, 6) is 2.33. The fraction of sp³-hybridized carbons (Fsp3) is 0.353. The van der Waals surface area contributed by atoms with Crippen molar-refractivity contribution in [2.75, 3.05) is 43.4 Å². The van der Waals surface area contributed by atoms with E-state index in [0.29, 0.717) is 0 Å². The molecule has 0 atom stereocenters. The second-order valence-corrected chi connectivity index (χ2v) is 10.4. The molecule has 0 spiro atoms. The van der Waals surface area contributed by atoms with E-state index in [1.165, 1.54) is 23.9 Å². The predicted octanol–water partition coefficient (Wildman–Crippen LogP) is 5.03. The number of aromatic nitrogens is 1. The number of piperazine rings is 1. The number of thiophene rings is 1. The van der Waals surface area contributed by atoms with E-state index in [1.54, 1.807) is 11.5 Å². The Morgan fingerprint density at radius 1 is 1.08 bits per heavy atom. The Morgan fingerprint density at radius 2 is 1.92 bits per heavy atom. The molecule has 3 heterocycles. The molecule has 0 unspecified atom stereocenters. The van der Waals surface area contributed by atoms with E-state index in [9.17, 15) is 0 Å². The highest BCUT2D eigenvalue weighted by molar-refractivity contribution is 9.11. The molecule has 0 aliphatic carbocycles. The van der Waals surface area contributed by atoms with Crippen LogP contribution in [0.15, 0.2) is 44.4 Å². The van der Waals surface area contributed by atoms with Crippen LogP contribution in [-0.4, -0.2) is 47.8 Å². The van der Waals surface area contributed by atoms with E-state index < -0.39 is 0 Å². The summed E-state index contributed by atoms with van der Waals surface area (Å²) < 4.78 is 8.59. The Hall–Kier alpha value is -0.600. The zero-order valence-electron chi connectivity index (χ0n) is 13.2. The maximum atomic E-state index is 4.69. The second kappa shape index (κ2) is 7.74. The zero-order chi connectivity index (χ0) is 16.4. The van der Waals surface area contributed by atoms with E-state index in [1.807, 2.05) is 23.1 Å². The lowest BCUT2D eigenvalue weighted by Gasteiger charge is -2.35. The van der Waals surface area contributed by atoms with Gasteiger partial charge in [-0.3, -0.25) is 4.90 Å². The molecule has 126 valence electrons. The molecule has 1 saturated heterocycles. The van der Waals surface area contributed by atoms with Crippen LogP contribution in [0, 0.1) is 0 Å². The number of rotatable bonds is 5. The topological polar surface area (TPSA) is 19.4 Å². The Labute approximate surface area is 163 Å². The molecule has 2 aromatic heterocycles. The first-order chi connectivity index (χ1) is 11.8. The molecule has 0 N–H and O–H groups in total. The summed E-state index contributed by atoms with van der Waals surface area (Å²) in [6, 6.07) is 12.9. The first kappa shape index (κ1) is 16.8. The minimum Gasteiger partial charge on any atom is -0.353 e. The van der Waals surface area contributed by atoms with E-state index in [2.05, 4.69) is 62.1 Å². The van der Waals surface area contributed by atoms with Gasteiger partial charge in [-0.05, 0) is 51.7 Å². The average Bonchev–Trinajstić information content (AvgIpc) is 3.22. The van der Waals surface area contributed by atoms with Crippen molar-refractivity contribution in [2.24, 2.45) is 0 Å². The van der Waals surface area contributed by atoms with Crippen LogP contribution in [0.1, 0.15) is 0 Å². The van der Waals surface area contributed by atoms with E-state index in [4.69, 9.17) is 4.37 Å². The van der Waals surface area contributed by atoms with Crippen LogP contribution >= 0.6 is 50.6 Å². The SMILES string of the molecule is Brc1ccc(SCCN2CCN(c3nsc4ccccc34)CC2)s1. The lowest BCUT2D eigenvalue weighted by molar-refractivity contribution is 0.273. The van der Waals surface area contributed by atoms with Crippen molar-refractivity contribution in [3.05, 3.63) is 40.2 Å². The van der Waals surface area contributed by atoms with Gasteiger partial charge in [0.25, 0.3) is 0 Å². The van der Waals surface area contributed by atoms with Gasteiger partial charge in [0.05, 0.1) is 12.7 Å². The maximum absolute atomic E-state index is 4.69. The van der Waals surface area contributed by atoms with Crippen LogP contribution in [0.2, 0.25) is 0 Å². The van der Waals surface area contributed by atoms with Gasteiger partial charge < -0.3 is 4.90 Å². The van der Waals surface area contributed by atoms with Crippen LogP contribution in [0.4, 0.5) is 5.82 Å². The summed E-state index contributed by atoms with van der Waals surface area (Å²) in [6.45, 7) is 5.55. The quantitative estimate of drug-likeness (QED) is 0.518. The van der Waals surface area contributed by atoms with Gasteiger partial charge in [0.15, 0.2) is 0 Å². The fourth-order valence-electron chi connectivity index (χ4n) is 2.93. The van der Waals surface area contributed by atoms with Gasteiger partial charge in [0.2, 0.25) is 0 Å². The number of thioether (sulfide) groups is 1. The first-order valence-electron chi connectivity index (χ1n) is 7.99. The van der Waals surface area contributed by atoms with Gasteiger partial charge in [-0.2, -0.15) is 4.37 Å². The van der Waals surface area contributed by atoms with E-state index in [0.717, 1.165) is 38.5 Å². The highest BCUT2D eigenvalue weighted by atomic mass is 79.9.